The number of H-pyrrole nitrogens is 2. The summed E-state index contributed by atoms with van der Waals surface area (Å²) in [6.07, 6.45) is -0.204. The number of nitrogens with one attached hydrogen (secondary N) is 2. The van der Waals surface area contributed by atoms with E-state index in [1.165, 1.54) is 6.07 Å². The van der Waals surface area contributed by atoms with Crippen LogP contribution in [0.2, 0.25) is 0 Å². The Balaban J connectivity index is 1.56. The second-order valence-electron chi connectivity index (χ2n) is 6.26. The Morgan fingerprint density at radius 1 is 1.15 bits per heavy atom. The number of nitrogens with zero attached hydrogens (tertiary/aromatic N) is 1. The van der Waals surface area contributed by atoms with Gasteiger partial charge in [0, 0.05) is 12.6 Å². The normalized spacial score (nSPS) is 17.4. The van der Waals surface area contributed by atoms with Gasteiger partial charge in [-0.05, 0) is 34.5 Å². The third-order valence-electron chi connectivity index (χ3n) is 4.62. The van der Waals surface area contributed by atoms with Gasteiger partial charge in [-0.15, -0.1) is 0 Å². The third-order valence-corrected chi connectivity index (χ3v) is 4.62. The van der Waals surface area contributed by atoms with Crippen molar-refractivity contribution in [3.63, 3.8) is 0 Å². The highest BCUT2D eigenvalue weighted by Crippen LogP contribution is 2.28. The lowest BCUT2D eigenvalue weighted by Crippen LogP contribution is -2.42. The van der Waals surface area contributed by atoms with Gasteiger partial charge in [0.25, 0.3) is 11.5 Å². The molecule has 0 saturated carbocycles. The second kappa shape index (κ2) is 6.68. The summed E-state index contributed by atoms with van der Waals surface area (Å²) < 4.78 is 11.1. The summed E-state index contributed by atoms with van der Waals surface area (Å²) in [7, 11) is 1.65. The first kappa shape index (κ1) is 16.4. The maximum atomic E-state index is 12.5. The van der Waals surface area contributed by atoms with E-state index >= 15 is 0 Å². The van der Waals surface area contributed by atoms with Gasteiger partial charge in [0.2, 0.25) is 0 Å². The van der Waals surface area contributed by atoms with Crippen molar-refractivity contribution in [2.24, 2.45) is 0 Å². The van der Waals surface area contributed by atoms with Crippen molar-refractivity contribution in [1.82, 2.24) is 15.1 Å². The van der Waals surface area contributed by atoms with Crippen LogP contribution in [0.1, 0.15) is 22.2 Å². The van der Waals surface area contributed by atoms with Crippen molar-refractivity contribution in [2.45, 2.75) is 6.10 Å². The van der Waals surface area contributed by atoms with Crippen molar-refractivity contribution in [1.29, 1.82) is 0 Å². The van der Waals surface area contributed by atoms with Crippen molar-refractivity contribution in [3.8, 4) is 5.75 Å². The molecule has 0 spiro atoms. The highest BCUT2D eigenvalue weighted by molar-refractivity contribution is 5.92. The monoisotopic (exact) mass is 353 g/mol. The molecule has 1 amide bonds. The Labute approximate surface area is 149 Å². The van der Waals surface area contributed by atoms with Crippen LogP contribution in [-0.2, 0) is 4.74 Å². The molecule has 2 aromatic carbocycles. The van der Waals surface area contributed by atoms with E-state index in [1.54, 1.807) is 12.0 Å². The number of hydrogen-bond donors (Lipinski definition) is 2. The molecule has 1 aliphatic heterocycles. The maximum absolute atomic E-state index is 12.5. The van der Waals surface area contributed by atoms with Gasteiger partial charge in [-0.2, -0.15) is 0 Å². The van der Waals surface area contributed by atoms with Crippen molar-refractivity contribution < 1.29 is 14.3 Å². The van der Waals surface area contributed by atoms with Crippen LogP contribution in [0, 0.1) is 0 Å². The standard InChI is InChI=1S/C19H19N3O4/c1-25-15-5-4-12-8-14(3-2-13(12)9-15)17-11-22(6-7-26-17)19(24)16-10-18(23)21-20-16/h2-5,8-10,17H,6-7,11H2,1H3,(H2,20,21,23)/t17-/m1/s1. The first-order chi connectivity index (χ1) is 12.6. The summed E-state index contributed by atoms with van der Waals surface area (Å²) in [6, 6.07) is 13.3. The Hall–Kier alpha value is -3.06. The van der Waals surface area contributed by atoms with Gasteiger partial charge in [-0.3, -0.25) is 19.8 Å². The molecule has 1 aliphatic rings. The molecule has 7 nitrogen and oxygen atoms in total. The summed E-state index contributed by atoms with van der Waals surface area (Å²) in [6.45, 7) is 1.38. The molecule has 0 aliphatic carbocycles. The lowest BCUT2D eigenvalue weighted by atomic mass is 10.0. The van der Waals surface area contributed by atoms with Crippen molar-refractivity contribution in [3.05, 3.63) is 64.1 Å². The van der Waals surface area contributed by atoms with Crippen LogP contribution in [0.3, 0.4) is 0 Å². The van der Waals surface area contributed by atoms with Crippen LogP contribution in [-0.4, -0.2) is 47.8 Å². The third kappa shape index (κ3) is 3.09. The Morgan fingerprint density at radius 2 is 1.96 bits per heavy atom. The number of amides is 1. The van der Waals surface area contributed by atoms with Gasteiger partial charge in [-0.1, -0.05) is 18.2 Å². The van der Waals surface area contributed by atoms with Crippen LogP contribution < -0.4 is 10.3 Å². The van der Waals surface area contributed by atoms with Gasteiger partial charge in [-0.25, -0.2) is 0 Å². The molecule has 7 heteroatoms. The first-order valence-electron chi connectivity index (χ1n) is 8.40. The molecule has 134 valence electrons. The highest BCUT2D eigenvalue weighted by Gasteiger charge is 2.27. The summed E-state index contributed by atoms with van der Waals surface area (Å²) in [5.41, 5.74) is 0.965. The largest absolute Gasteiger partial charge is 0.497 e. The lowest BCUT2D eigenvalue weighted by molar-refractivity contribution is -0.0229. The van der Waals surface area contributed by atoms with Gasteiger partial charge < -0.3 is 14.4 Å². The van der Waals surface area contributed by atoms with E-state index in [2.05, 4.69) is 16.3 Å². The SMILES string of the molecule is COc1ccc2cc([C@H]3CN(C(=O)c4cc(=O)[nH][nH]4)CCO3)ccc2c1. The Kier molecular flexibility index (Phi) is 4.22. The predicted octanol–water partition coefficient (Wildman–Crippen LogP) is 2.08. The number of hydrogen-bond acceptors (Lipinski definition) is 4. The zero-order valence-electron chi connectivity index (χ0n) is 14.3. The van der Waals surface area contributed by atoms with Crippen LogP contribution in [0.15, 0.2) is 47.3 Å². The number of ether oxygens (including phenoxy) is 2. The van der Waals surface area contributed by atoms with Crippen molar-refractivity contribution in [2.75, 3.05) is 26.8 Å². The van der Waals surface area contributed by atoms with E-state index in [4.69, 9.17) is 9.47 Å². The molecular weight excluding hydrogens is 334 g/mol. The number of aromatic amines is 2. The summed E-state index contributed by atoms with van der Waals surface area (Å²) in [5.74, 6) is 0.610. The Bertz CT molecular complexity index is 1010. The second-order valence-corrected chi connectivity index (χ2v) is 6.26. The van der Waals surface area contributed by atoms with Gasteiger partial charge in [0.05, 0.1) is 20.3 Å². The molecule has 1 atom stereocenters. The van der Waals surface area contributed by atoms with Crippen LogP contribution in [0.5, 0.6) is 5.75 Å². The fourth-order valence-corrected chi connectivity index (χ4v) is 3.22. The average Bonchev–Trinajstić information content (AvgIpc) is 3.13. The summed E-state index contributed by atoms with van der Waals surface area (Å²) in [5, 5.41) is 7.18. The molecule has 0 bridgehead atoms. The van der Waals surface area contributed by atoms with Gasteiger partial charge in [0.1, 0.15) is 17.5 Å². The number of carbonyl (C=O) groups excluding carboxylic acids is 1. The fourth-order valence-electron chi connectivity index (χ4n) is 3.22. The van der Waals surface area contributed by atoms with E-state index in [1.807, 2.05) is 30.3 Å². The maximum Gasteiger partial charge on any atom is 0.272 e. The molecule has 3 aromatic rings. The smallest absolute Gasteiger partial charge is 0.272 e. The van der Waals surface area contributed by atoms with E-state index in [0.717, 1.165) is 22.1 Å². The number of methoxy groups -OCH3 is 1. The zero-order chi connectivity index (χ0) is 18.1. The minimum Gasteiger partial charge on any atom is -0.497 e. The number of carbonyl (C=O) groups is 1. The minimum absolute atomic E-state index is 0.204. The van der Waals surface area contributed by atoms with Gasteiger partial charge in [0.15, 0.2) is 0 Å². The molecule has 0 radical (unpaired) electrons. The first-order valence-corrected chi connectivity index (χ1v) is 8.40. The van der Waals surface area contributed by atoms with E-state index in [9.17, 15) is 9.59 Å². The lowest BCUT2D eigenvalue weighted by Gasteiger charge is -2.33. The molecule has 2 N–H and O–H groups in total. The van der Waals surface area contributed by atoms with E-state index in [-0.39, 0.29) is 23.3 Å². The molecular formula is C19H19N3O4. The molecule has 1 aromatic heterocycles. The highest BCUT2D eigenvalue weighted by atomic mass is 16.5. The number of rotatable bonds is 3. The van der Waals surface area contributed by atoms with E-state index < -0.39 is 0 Å². The predicted molar refractivity (Wildman–Crippen MR) is 96.5 cm³/mol. The molecule has 0 unspecified atom stereocenters. The molecule has 1 saturated heterocycles. The zero-order valence-corrected chi connectivity index (χ0v) is 14.3. The quantitative estimate of drug-likeness (QED) is 0.755. The average molecular weight is 353 g/mol. The topological polar surface area (TPSA) is 87.4 Å². The molecule has 4 rings (SSSR count). The number of aromatic nitrogens is 2. The van der Waals surface area contributed by atoms with Crippen LogP contribution in [0.25, 0.3) is 10.8 Å². The molecule has 2 heterocycles. The number of benzene rings is 2. The molecule has 26 heavy (non-hydrogen) atoms. The summed E-state index contributed by atoms with van der Waals surface area (Å²) >= 11 is 0. The van der Waals surface area contributed by atoms with E-state index in [0.29, 0.717) is 19.7 Å². The number of fused-ring (bicyclic) bond motifs is 1. The van der Waals surface area contributed by atoms with Crippen LogP contribution in [0.4, 0.5) is 0 Å². The summed E-state index contributed by atoms with van der Waals surface area (Å²) in [4.78, 5) is 25.5. The minimum atomic E-state index is -0.317. The molecule has 1 fully saturated rings. The van der Waals surface area contributed by atoms with Gasteiger partial charge >= 0.3 is 0 Å². The fraction of sp³-hybridized carbons (Fsp3) is 0.263. The number of morpholine rings is 1. The Morgan fingerprint density at radius 3 is 2.73 bits per heavy atom. The van der Waals surface area contributed by atoms with Crippen molar-refractivity contribution >= 4 is 16.7 Å². The van der Waals surface area contributed by atoms with Crippen LogP contribution >= 0.6 is 0 Å².